The quantitative estimate of drug-likeness (QED) is 0.329. The van der Waals surface area contributed by atoms with E-state index in [0.717, 1.165) is 29.8 Å². The molecular weight excluding hydrogens is 485 g/mol. The minimum absolute atomic E-state index is 0. The van der Waals surface area contributed by atoms with Crippen molar-refractivity contribution in [3.63, 3.8) is 0 Å². The average Bonchev–Trinajstić information content (AvgIpc) is 3.11. The summed E-state index contributed by atoms with van der Waals surface area (Å²) in [7, 11) is 9.69. The van der Waals surface area contributed by atoms with Crippen LogP contribution in [0, 0.1) is 0 Å². The van der Waals surface area contributed by atoms with Gasteiger partial charge in [0, 0.05) is 39.7 Å². The van der Waals surface area contributed by atoms with Crippen LogP contribution in [0.15, 0.2) is 34.6 Å². The number of nitrogens with zero attached hydrogens (tertiary/aromatic N) is 4. The molecule has 0 radical (unpaired) electrons. The molecule has 1 aromatic carbocycles. The fraction of sp³-hybridized carbons (Fsp3) is 0.500. The predicted octanol–water partition coefficient (Wildman–Crippen LogP) is 3.74. The molecule has 8 heteroatoms. The Morgan fingerprint density at radius 3 is 2.39 bits per heavy atom. The molecule has 156 valence electrons. The number of benzene rings is 1. The van der Waals surface area contributed by atoms with Crippen molar-refractivity contribution in [3.8, 4) is 0 Å². The minimum atomic E-state index is 0. The first-order valence-corrected chi connectivity index (χ1v) is 9.92. The molecule has 0 bridgehead atoms. The highest BCUT2D eigenvalue weighted by atomic mass is 127. The van der Waals surface area contributed by atoms with Gasteiger partial charge in [-0.1, -0.05) is 24.3 Å². The van der Waals surface area contributed by atoms with Gasteiger partial charge in [-0.05, 0) is 32.1 Å². The third-order valence-corrected chi connectivity index (χ3v) is 5.27. The predicted molar refractivity (Wildman–Crippen MR) is 128 cm³/mol. The van der Waals surface area contributed by atoms with Crippen LogP contribution in [0.25, 0.3) is 0 Å². The molecule has 1 aromatic heterocycles. The minimum Gasteiger partial charge on any atom is -0.375 e. The highest BCUT2D eigenvalue weighted by molar-refractivity contribution is 14.0. The topological polar surface area (TPSA) is 53.0 Å². The van der Waals surface area contributed by atoms with Gasteiger partial charge in [-0.2, -0.15) is 0 Å². The van der Waals surface area contributed by atoms with Gasteiger partial charge in [0.05, 0.1) is 12.2 Å². The standard InChI is InChI=1S/C20H31N5OS.HI/c1-15(26-6)19-23-18(14-27-19)13-25(5)20(21-2)22-11-16-7-9-17(10-8-16)12-24(3)4;/h7-10,14-15H,11-13H2,1-6H3,(H,21,22);1H. The largest absolute Gasteiger partial charge is 0.375 e. The van der Waals surface area contributed by atoms with Crippen molar-refractivity contribution in [2.75, 3.05) is 35.3 Å². The monoisotopic (exact) mass is 517 g/mol. The van der Waals surface area contributed by atoms with Crippen molar-refractivity contribution in [1.82, 2.24) is 20.1 Å². The summed E-state index contributed by atoms with van der Waals surface area (Å²) in [6.07, 6.45) is 0.0296. The van der Waals surface area contributed by atoms with Crippen LogP contribution in [0.5, 0.6) is 0 Å². The molecule has 1 atom stereocenters. The van der Waals surface area contributed by atoms with E-state index in [1.165, 1.54) is 11.1 Å². The first-order valence-electron chi connectivity index (χ1n) is 9.04. The Morgan fingerprint density at radius 2 is 1.82 bits per heavy atom. The Bertz CT molecular complexity index is 732. The Labute approximate surface area is 190 Å². The average molecular weight is 517 g/mol. The molecule has 0 amide bonds. The molecule has 1 N–H and O–H groups in total. The van der Waals surface area contributed by atoms with Crippen molar-refractivity contribution in [2.45, 2.75) is 32.7 Å². The number of rotatable bonds is 8. The van der Waals surface area contributed by atoms with Crippen LogP contribution < -0.4 is 5.32 Å². The Balaban J connectivity index is 0.00000392. The number of guanidine groups is 1. The summed E-state index contributed by atoms with van der Waals surface area (Å²) in [5.74, 6) is 0.849. The fourth-order valence-electron chi connectivity index (χ4n) is 2.69. The van der Waals surface area contributed by atoms with E-state index >= 15 is 0 Å². The summed E-state index contributed by atoms with van der Waals surface area (Å²) in [4.78, 5) is 13.3. The van der Waals surface area contributed by atoms with E-state index in [-0.39, 0.29) is 30.1 Å². The normalized spacial score (nSPS) is 12.6. The summed E-state index contributed by atoms with van der Waals surface area (Å²) in [6.45, 7) is 4.41. The number of hydrogen-bond donors (Lipinski definition) is 1. The Morgan fingerprint density at radius 1 is 1.18 bits per heavy atom. The van der Waals surface area contributed by atoms with Gasteiger partial charge >= 0.3 is 0 Å². The zero-order valence-corrected chi connectivity index (χ0v) is 20.7. The van der Waals surface area contributed by atoms with Gasteiger partial charge in [-0.25, -0.2) is 4.98 Å². The maximum Gasteiger partial charge on any atom is 0.194 e. The van der Waals surface area contributed by atoms with E-state index < -0.39 is 0 Å². The number of thiazole rings is 1. The van der Waals surface area contributed by atoms with Gasteiger partial charge in [-0.3, -0.25) is 4.99 Å². The second-order valence-electron chi connectivity index (χ2n) is 6.87. The highest BCUT2D eigenvalue weighted by Crippen LogP contribution is 2.20. The first kappa shape index (κ1) is 24.8. The molecule has 2 aromatic rings. The molecule has 1 heterocycles. The van der Waals surface area contributed by atoms with Gasteiger partial charge in [0.25, 0.3) is 0 Å². The van der Waals surface area contributed by atoms with Crippen LogP contribution in [-0.4, -0.2) is 56.0 Å². The maximum absolute atomic E-state index is 5.34. The molecule has 0 saturated carbocycles. The van der Waals surface area contributed by atoms with Crippen LogP contribution in [-0.2, 0) is 24.4 Å². The van der Waals surface area contributed by atoms with E-state index in [4.69, 9.17) is 4.74 Å². The lowest BCUT2D eigenvalue weighted by Gasteiger charge is -2.21. The first-order chi connectivity index (χ1) is 12.9. The number of aliphatic imine (C=N–C) groups is 1. The molecule has 28 heavy (non-hydrogen) atoms. The second kappa shape index (κ2) is 12.4. The molecule has 0 aliphatic carbocycles. The van der Waals surface area contributed by atoms with Gasteiger partial charge in [-0.15, -0.1) is 35.3 Å². The van der Waals surface area contributed by atoms with Gasteiger partial charge < -0.3 is 19.9 Å². The number of aromatic nitrogens is 1. The van der Waals surface area contributed by atoms with Crippen LogP contribution >= 0.6 is 35.3 Å². The van der Waals surface area contributed by atoms with Crippen molar-refractivity contribution in [2.24, 2.45) is 4.99 Å². The van der Waals surface area contributed by atoms with Crippen LogP contribution in [0.3, 0.4) is 0 Å². The third kappa shape index (κ3) is 7.65. The van der Waals surface area contributed by atoms with Gasteiger partial charge in [0.2, 0.25) is 0 Å². The van der Waals surface area contributed by atoms with E-state index in [0.29, 0.717) is 6.54 Å². The summed E-state index contributed by atoms with van der Waals surface area (Å²) < 4.78 is 5.34. The lowest BCUT2D eigenvalue weighted by atomic mass is 10.1. The third-order valence-electron chi connectivity index (χ3n) is 4.22. The zero-order chi connectivity index (χ0) is 19.8. The Kier molecular flexibility index (Phi) is 10.9. The molecule has 0 aliphatic rings. The molecular formula is C20H32IN5OS. The van der Waals surface area contributed by atoms with E-state index in [1.807, 2.05) is 14.0 Å². The number of ether oxygens (including phenoxy) is 1. The number of halogens is 1. The summed E-state index contributed by atoms with van der Waals surface area (Å²) in [5.41, 5.74) is 3.57. The van der Waals surface area contributed by atoms with Crippen molar-refractivity contribution < 1.29 is 4.74 Å². The smallest absolute Gasteiger partial charge is 0.194 e. The summed E-state index contributed by atoms with van der Waals surface area (Å²) in [5, 5.41) is 6.51. The fourth-order valence-corrected chi connectivity index (χ4v) is 3.54. The SMILES string of the molecule is CN=C(NCc1ccc(CN(C)C)cc1)N(C)Cc1csc(C(C)OC)n1.I. The number of methoxy groups -OCH3 is 1. The van der Waals surface area contributed by atoms with E-state index in [9.17, 15) is 0 Å². The summed E-state index contributed by atoms with van der Waals surface area (Å²) in [6, 6.07) is 8.68. The molecule has 0 aliphatic heterocycles. The zero-order valence-electron chi connectivity index (χ0n) is 17.6. The lowest BCUT2D eigenvalue weighted by Crippen LogP contribution is -2.38. The van der Waals surface area contributed by atoms with Crippen LogP contribution in [0.1, 0.15) is 34.9 Å². The van der Waals surface area contributed by atoms with E-state index in [2.05, 4.69) is 68.8 Å². The van der Waals surface area contributed by atoms with Crippen LogP contribution in [0.2, 0.25) is 0 Å². The molecule has 1 unspecified atom stereocenters. The molecule has 2 rings (SSSR count). The van der Waals surface area contributed by atoms with Crippen molar-refractivity contribution >= 4 is 41.3 Å². The van der Waals surface area contributed by atoms with Gasteiger partial charge in [0.15, 0.2) is 5.96 Å². The van der Waals surface area contributed by atoms with Crippen molar-refractivity contribution in [3.05, 3.63) is 51.5 Å². The summed E-state index contributed by atoms with van der Waals surface area (Å²) >= 11 is 1.63. The Hall–Kier alpha value is -1.23. The van der Waals surface area contributed by atoms with E-state index in [1.54, 1.807) is 25.5 Å². The maximum atomic E-state index is 5.34. The molecule has 0 fully saturated rings. The number of hydrogen-bond acceptors (Lipinski definition) is 5. The van der Waals surface area contributed by atoms with Gasteiger partial charge in [0.1, 0.15) is 11.1 Å². The molecule has 0 saturated heterocycles. The lowest BCUT2D eigenvalue weighted by molar-refractivity contribution is 0.119. The van der Waals surface area contributed by atoms with Crippen LogP contribution in [0.4, 0.5) is 0 Å². The molecule has 0 spiro atoms. The number of nitrogens with one attached hydrogen (secondary N) is 1. The second-order valence-corrected chi connectivity index (χ2v) is 7.76. The molecule has 6 nitrogen and oxygen atoms in total. The van der Waals surface area contributed by atoms with Crippen molar-refractivity contribution in [1.29, 1.82) is 0 Å². The highest BCUT2D eigenvalue weighted by Gasteiger charge is 2.12.